The SMILES string of the molecule is O=c1ccc(-c2ccco2)cn1-c1cncnc1. The average Bonchev–Trinajstić information content (AvgIpc) is 2.94. The molecule has 5 heteroatoms. The Morgan fingerprint density at radius 1 is 1.11 bits per heavy atom. The summed E-state index contributed by atoms with van der Waals surface area (Å²) in [6.07, 6.45) is 7.89. The van der Waals surface area contributed by atoms with Crippen molar-refractivity contribution >= 4 is 0 Å². The molecule has 3 rings (SSSR count). The van der Waals surface area contributed by atoms with Gasteiger partial charge in [0.1, 0.15) is 12.1 Å². The van der Waals surface area contributed by atoms with E-state index in [-0.39, 0.29) is 5.56 Å². The summed E-state index contributed by atoms with van der Waals surface area (Å²) >= 11 is 0. The fourth-order valence-electron chi connectivity index (χ4n) is 1.69. The summed E-state index contributed by atoms with van der Waals surface area (Å²) in [5.74, 6) is 0.709. The van der Waals surface area contributed by atoms with Crippen molar-refractivity contribution in [3.8, 4) is 17.0 Å². The molecule has 88 valence electrons. The normalized spacial score (nSPS) is 10.4. The first-order chi connectivity index (χ1) is 8.84. The molecule has 0 amide bonds. The molecule has 0 bridgehead atoms. The van der Waals surface area contributed by atoms with Crippen molar-refractivity contribution in [2.45, 2.75) is 0 Å². The Labute approximate surface area is 102 Å². The largest absolute Gasteiger partial charge is 0.464 e. The van der Waals surface area contributed by atoms with Gasteiger partial charge in [-0.25, -0.2) is 9.97 Å². The smallest absolute Gasteiger partial charge is 0.255 e. The number of nitrogens with zero attached hydrogens (tertiary/aromatic N) is 3. The molecule has 0 aliphatic rings. The molecule has 0 saturated carbocycles. The van der Waals surface area contributed by atoms with Crippen LogP contribution in [0, 0.1) is 0 Å². The van der Waals surface area contributed by atoms with Crippen LogP contribution in [0.3, 0.4) is 0 Å². The van der Waals surface area contributed by atoms with Crippen LogP contribution >= 0.6 is 0 Å². The van der Waals surface area contributed by atoms with E-state index in [1.54, 1.807) is 37.0 Å². The van der Waals surface area contributed by atoms with Crippen LogP contribution in [0.4, 0.5) is 0 Å². The lowest BCUT2D eigenvalue weighted by molar-refractivity contribution is 0.581. The van der Waals surface area contributed by atoms with Gasteiger partial charge >= 0.3 is 0 Å². The van der Waals surface area contributed by atoms with Gasteiger partial charge in [0.05, 0.1) is 24.3 Å². The third-order valence-corrected chi connectivity index (χ3v) is 2.54. The lowest BCUT2D eigenvalue weighted by Gasteiger charge is -2.05. The summed E-state index contributed by atoms with van der Waals surface area (Å²) in [5.41, 5.74) is 1.31. The van der Waals surface area contributed by atoms with E-state index in [0.717, 1.165) is 5.56 Å². The molecule has 3 heterocycles. The maximum absolute atomic E-state index is 11.8. The first kappa shape index (κ1) is 10.5. The van der Waals surface area contributed by atoms with Crippen molar-refractivity contribution in [2.75, 3.05) is 0 Å². The highest BCUT2D eigenvalue weighted by molar-refractivity contribution is 5.56. The van der Waals surface area contributed by atoms with Crippen molar-refractivity contribution in [2.24, 2.45) is 0 Å². The summed E-state index contributed by atoms with van der Waals surface area (Å²) in [7, 11) is 0. The highest BCUT2D eigenvalue weighted by Gasteiger charge is 2.05. The fraction of sp³-hybridized carbons (Fsp3) is 0. The minimum atomic E-state index is -0.139. The predicted octanol–water partition coefficient (Wildman–Crippen LogP) is 1.89. The maximum atomic E-state index is 11.8. The van der Waals surface area contributed by atoms with Crippen molar-refractivity contribution in [1.29, 1.82) is 0 Å². The average molecular weight is 239 g/mol. The van der Waals surface area contributed by atoms with Crippen LogP contribution in [0.5, 0.6) is 0 Å². The van der Waals surface area contributed by atoms with Gasteiger partial charge in [0.15, 0.2) is 0 Å². The quantitative estimate of drug-likeness (QED) is 0.685. The van der Waals surface area contributed by atoms with Gasteiger partial charge < -0.3 is 4.42 Å². The third-order valence-electron chi connectivity index (χ3n) is 2.54. The topological polar surface area (TPSA) is 60.9 Å². The van der Waals surface area contributed by atoms with Gasteiger partial charge in [-0.3, -0.25) is 9.36 Å². The van der Waals surface area contributed by atoms with Crippen LogP contribution < -0.4 is 5.56 Å². The Bertz CT molecular complexity index is 703. The lowest BCUT2D eigenvalue weighted by Crippen LogP contribution is -2.16. The van der Waals surface area contributed by atoms with E-state index >= 15 is 0 Å². The minimum absolute atomic E-state index is 0.139. The Morgan fingerprint density at radius 3 is 2.67 bits per heavy atom. The van der Waals surface area contributed by atoms with Crippen molar-refractivity contribution in [3.63, 3.8) is 0 Å². The van der Waals surface area contributed by atoms with Gasteiger partial charge in [0.2, 0.25) is 0 Å². The van der Waals surface area contributed by atoms with E-state index in [1.807, 2.05) is 6.07 Å². The predicted molar refractivity (Wildman–Crippen MR) is 65.3 cm³/mol. The molecular formula is C13H9N3O2. The van der Waals surface area contributed by atoms with E-state index in [0.29, 0.717) is 11.4 Å². The highest BCUT2D eigenvalue weighted by atomic mass is 16.3. The number of hydrogen-bond acceptors (Lipinski definition) is 4. The molecule has 0 aromatic carbocycles. The van der Waals surface area contributed by atoms with Crippen LogP contribution in [0.2, 0.25) is 0 Å². The van der Waals surface area contributed by atoms with Crippen LogP contribution in [-0.4, -0.2) is 14.5 Å². The first-order valence-corrected chi connectivity index (χ1v) is 5.36. The molecule has 0 spiro atoms. The summed E-state index contributed by atoms with van der Waals surface area (Å²) in [4.78, 5) is 19.6. The second-order valence-electron chi connectivity index (χ2n) is 3.70. The van der Waals surface area contributed by atoms with E-state index in [9.17, 15) is 4.79 Å². The second-order valence-corrected chi connectivity index (χ2v) is 3.70. The zero-order chi connectivity index (χ0) is 12.4. The summed E-state index contributed by atoms with van der Waals surface area (Å²) in [6.45, 7) is 0. The fourth-order valence-corrected chi connectivity index (χ4v) is 1.69. The molecule has 0 aliphatic heterocycles. The Kier molecular flexibility index (Phi) is 2.49. The van der Waals surface area contributed by atoms with Crippen LogP contribution in [0.25, 0.3) is 17.0 Å². The Hall–Kier alpha value is -2.69. The van der Waals surface area contributed by atoms with Gasteiger partial charge in [-0.1, -0.05) is 0 Å². The van der Waals surface area contributed by atoms with Gasteiger partial charge in [-0.05, 0) is 18.2 Å². The second kappa shape index (κ2) is 4.29. The molecular weight excluding hydrogens is 230 g/mol. The van der Waals surface area contributed by atoms with Crippen molar-refractivity contribution < 1.29 is 4.42 Å². The third kappa shape index (κ3) is 1.82. The summed E-state index contributed by atoms with van der Waals surface area (Å²) < 4.78 is 6.79. The van der Waals surface area contributed by atoms with Crippen molar-refractivity contribution in [3.05, 3.63) is 65.8 Å². The molecule has 18 heavy (non-hydrogen) atoms. The molecule has 3 aromatic heterocycles. The number of hydrogen-bond donors (Lipinski definition) is 0. The van der Waals surface area contributed by atoms with Gasteiger partial charge in [0, 0.05) is 17.8 Å². The zero-order valence-electron chi connectivity index (χ0n) is 9.35. The van der Waals surface area contributed by atoms with E-state index in [2.05, 4.69) is 9.97 Å². The van der Waals surface area contributed by atoms with Gasteiger partial charge in [-0.15, -0.1) is 0 Å². The standard InChI is InChI=1S/C13H9N3O2/c17-13-4-3-10(12-2-1-5-18-12)8-16(13)11-6-14-9-15-7-11/h1-9H. The minimum Gasteiger partial charge on any atom is -0.464 e. The van der Waals surface area contributed by atoms with Crippen LogP contribution in [0.15, 0.2) is 64.7 Å². The van der Waals surface area contributed by atoms with Crippen molar-refractivity contribution in [1.82, 2.24) is 14.5 Å². The molecule has 0 N–H and O–H groups in total. The highest BCUT2D eigenvalue weighted by Crippen LogP contribution is 2.18. The molecule has 0 saturated heterocycles. The van der Waals surface area contributed by atoms with E-state index in [4.69, 9.17) is 4.42 Å². The zero-order valence-corrected chi connectivity index (χ0v) is 9.35. The monoisotopic (exact) mass is 239 g/mol. The van der Waals surface area contributed by atoms with Gasteiger partial charge in [0.25, 0.3) is 5.56 Å². The number of pyridine rings is 1. The Morgan fingerprint density at radius 2 is 1.94 bits per heavy atom. The number of rotatable bonds is 2. The van der Waals surface area contributed by atoms with Crippen LogP contribution in [-0.2, 0) is 0 Å². The van der Waals surface area contributed by atoms with Gasteiger partial charge in [-0.2, -0.15) is 0 Å². The Balaban J connectivity index is 2.16. The molecule has 0 fully saturated rings. The lowest BCUT2D eigenvalue weighted by atomic mass is 10.2. The molecule has 0 unspecified atom stereocenters. The first-order valence-electron chi connectivity index (χ1n) is 5.36. The summed E-state index contributed by atoms with van der Waals surface area (Å²) in [5, 5.41) is 0. The molecule has 3 aromatic rings. The molecule has 0 radical (unpaired) electrons. The molecule has 0 aliphatic carbocycles. The summed E-state index contributed by atoms with van der Waals surface area (Å²) in [6, 6.07) is 6.86. The number of aromatic nitrogens is 3. The van der Waals surface area contributed by atoms with E-state index in [1.165, 1.54) is 17.0 Å². The molecule has 0 atom stereocenters. The van der Waals surface area contributed by atoms with Crippen LogP contribution in [0.1, 0.15) is 0 Å². The number of furan rings is 1. The molecule has 5 nitrogen and oxygen atoms in total. The maximum Gasteiger partial charge on any atom is 0.255 e. The van der Waals surface area contributed by atoms with E-state index < -0.39 is 0 Å².